The molecule has 0 bridgehead atoms. The van der Waals surface area contributed by atoms with Gasteiger partial charge in [0.05, 0.1) is 18.8 Å². The van der Waals surface area contributed by atoms with Gasteiger partial charge in [-0.15, -0.1) is 0 Å². The number of aliphatic carboxylic acids is 1. The van der Waals surface area contributed by atoms with Crippen LogP contribution in [0.5, 0.6) is 0 Å². The van der Waals surface area contributed by atoms with Crippen molar-refractivity contribution in [2.75, 3.05) is 24.6 Å². The molecule has 2 aliphatic rings. The monoisotopic (exact) mass is 495 g/mol. The van der Waals surface area contributed by atoms with Crippen LogP contribution >= 0.6 is 11.8 Å². The van der Waals surface area contributed by atoms with Gasteiger partial charge in [0.15, 0.2) is 0 Å². The van der Waals surface area contributed by atoms with Gasteiger partial charge < -0.3 is 14.9 Å². The Morgan fingerprint density at radius 1 is 1.03 bits per heavy atom. The number of aliphatic hydroxyl groups is 1. The molecule has 2 fully saturated rings. The average Bonchev–Trinajstić information content (AvgIpc) is 3.20. The van der Waals surface area contributed by atoms with Crippen LogP contribution in [0.3, 0.4) is 0 Å². The fourth-order valence-electron chi connectivity index (χ4n) is 5.30. The van der Waals surface area contributed by atoms with E-state index in [-0.39, 0.29) is 30.6 Å². The first-order chi connectivity index (χ1) is 17.1. The Morgan fingerprint density at radius 3 is 2.46 bits per heavy atom. The predicted octanol–water partition coefficient (Wildman–Crippen LogP) is 5.24. The van der Waals surface area contributed by atoms with Gasteiger partial charge >= 0.3 is 5.97 Å². The van der Waals surface area contributed by atoms with Crippen LogP contribution in [0.2, 0.25) is 0 Å². The second-order valence-corrected chi connectivity index (χ2v) is 10.7. The number of ether oxygens (including phenoxy) is 1. The average molecular weight is 496 g/mol. The molecule has 0 spiro atoms. The number of rotatable bonds is 11. The van der Waals surface area contributed by atoms with Crippen molar-refractivity contribution in [1.29, 1.82) is 0 Å². The van der Waals surface area contributed by atoms with Crippen molar-refractivity contribution in [3.8, 4) is 11.1 Å². The van der Waals surface area contributed by atoms with E-state index >= 15 is 0 Å². The van der Waals surface area contributed by atoms with Gasteiger partial charge in [0.1, 0.15) is 0 Å². The fourth-order valence-corrected chi connectivity index (χ4v) is 6.23. The summed E-state index contributed by atoms with van der Waals surface area (Å²) < 4.78 is 6.44. The molecule has 4 rings (SSSR count). The maximum atomic E-state index is 11.0. The van der Waals surface area contributed by atoms with E-state index in [1.54, 1.807) is 0 Å². The number of aliphatic hydroxyl groups excluding tert-OH is 1. The number of carboxylic acids is 1. The second kappa shape index (κ2) is 13.3. The maximum absolute atomic E-state index is 11.0. The summed E-state index contributed by atoms with van der Waals surface area (Å²) in [6.07, 6.45) is 7.02. The number of benzene rings is 2. The van der Waals surface area contributed by atoms with Crippen LogP contribution in [0.1, 0.15) is 37.7 Å². The summed E-state index contributed by atoms with van der Waals surface area (Å²) in [6, 6.07) is 19.0. The first-order valence-electron chi connectivity index (χ1n) is 12.7. The summed E-state index contributed by atoms with van der Waals surface area (Å²) in [5, 5.41) is 19.9. The molecule has 2 N–H and O–H groups in total. The van der Waals surface area contributed by atoms with E-state index in [2.05, 4.69) is 65.6 Å². The highest BCUT2D eigenvalue weighted by atomic mass is 32.2. The van der Waals surface area contributed by atoms with Gasteiger partial charge in [-0.2, -0.15) is 11.8 Å². The molecule has 188 valence electrons. The van der Waals surface area contributed by atoms with E-state index in [4.69, 9.17) is 9.84 Å². The van der Waals surface area contributed by atoms with Crippen LogP contribution in [0, 0.1) is 5.92 Å². The van der Waals surface area contributed by atoms with Gasteiger partial charge in [-0.3, -0.25) is 9.69 Å². The van der Waals surface area contributed by atoms with Gasteiger partial charge in [-0.1, -0.05) is 66.7 Å². The van der Waals surface area contributed by atoms with Crippen molar-refractivity contribution in [3.63, 3.8) is 0 Å². The molecule has 1 aliphatic heterocycles. The highest BCUT2D eigenvalue weighted by molar-refractivity contribution is 7.99. The van der Waals surface area contributed by atoms with Gasteiger partial charge in [0.25, 0.3) is 0 Å². The number of hydrogen-bond acceptors (Lipinski definition) is 5. The molecule has 6 heteroatoms. The smallest absolute Gasteiger partial charge is 0.303 e. The van der Waals surface area contributed by atoms with E-state index < -0.39 is 5.97 Å². The van der Waals surface area contributed by atoms with Crippen molar-refractivity contribution < 1.29 is 19.7 Å². The summed E-state index contributed by atoms with van der Waals surface area (Å²) in [7, 11) is 0. The molecule has 1 saturated carbocycles. The van der Waals surface area contributed by atoms with Gasteiger partial charge in [-0.05, 0) is 36.0 Å². The highest BCUT2D eigenvalue weighted by Gasteiger charge is 2.45. The van der Waals surface area contributed by atoms with Gasteiger partial charge in [-0.25, -0.2) is 0 Å². The van der Waals surface area contributed by atoms with Gasteiger partial charge in [0.2, 0.25) is 0 Å². The molecule has 0 radical (unpaired) electrons. The van der Waals surface area contributed by atoms with Crippen molar-refractivity contribution in [1.82, 2.24) is 4.90 Å². The van der Waals surface area contributed by atoms with Crippen LogP contribution in [-0.2, 0) is 16.1 Å². The lowest BCUT2D eigenvalue weighted by atomic mass is 9.95. The minimum absolute atomic E-state index is 0.00190. The van der Waals surface area contributed by atoms with Crippen LogP contribution in [0.4, 0.5) is 0 Å². The van der Waals surface area contributed by atoms with Crippen molar-refractivity contribution in [3.05, 3.63) is 72.3 Å². The van der Waals surface area contributed by atoms with Crippen molar-refractivity contribution in [2.24, 2.45) is 5.92 Å². The van der Waals surface area contributed by atoms with Crippen LogP contribution < -0.4 is 0 Å². The molecular formula is C29H37NO4S. The van der Waals surface area contributed by atoms with E-state index in [1.807, 2.05) is 17.8 Å². The Kier molecular flexibility index (Phi) is 9.83. The van der Waals surface area contributed by atoms with Crippen LogP contribution in [-0.4, -0.2) is 63.9 Å². The highest BCUT2D eigenvalue weighted by Crippen LogP contribution is 2.37. The number of unbranched alkanes of at least 4 members (excludes halogenated alkanes) is 1. The van der Waals surface area contributed by atoms with Crippen LogP contribution in [0.15, 0.2) is 66.7 Å². The fraction of sp³-hybridized carbons (Fsp3) is 0.483. The molecule has 4 atom stereocenters. The largest absolute Gasteiger partial charge is 0.481 e. The van der Waals surface area contributed by atoms with Gasteiger partial charge in [0, 0.05) is 49.4 Å². The third-order valence-electron chi connectivity index (χ3n) is 7.11. The topological polar surface area (TPSA) is 70.0 Å². The van der Waals surface area contributed by atoms with Crippen molar-refractivity contribution >= 4 is 17.7 Å². The van der Waals surface area contributed by atoms with E-state index in [1.165, 1.54) is 11.1 Å². The summed E-state index contributed by atoms with van der Waals surface area (Å²) in [5.74, 6) is 1.71. The number of hydrogen-bond donors (Lipinski definition) is 2. The molecule has 0 amide bonds. The zero-order chi connectivity index (χ0) is 24.5. The van der Waals surface area contributed by atoms with E-state index in [0.29, 0.717) is 19.4 Å². The number of nitrogens with zero attached hydrogens (tertiary/aromatic N) is 1. The normalized spacial score (nSPS) is 25.3. The molecule has 2 aromatic rings. The summed E-state index contributed by atoms with van der Waals surface area (Å²) in [6.45, 7) is 2.56. The minimum Gasteiger partial charge on any atom is -0.481 e. The molecule has 5 nitrogen and oxygen atoms in total. The molecule has 0 aromatic heterocycles. The Hall–Kier alpha value is -2.12. The molecule has 1 aliphatic carbocycles. The predicted molar refractivity (Wildman–Crippen MR) is 142 cm³/mol. The third-order valence-corrected chi connectivity index (χ3v) is 8.06. The van der Waals surface area contributed by atoms with E-state index in [0.717, 1.165) is 43.0 Å². The zero-order valence-corrected chi connectivity index (χ0v) is 21.1. The summed E-state index contributed by atoms with van der Waals surface area (Å²) in [5.41, 5.74) is 3.54. The third kappa shape index (κ3) is 7.43. The number of thioether (sulfide) groups is 1. The molecule has 4 unspecified atom stereocenters. The van der Waals surface area contributed by atoms with Crippen LogP contribution in [0.25, 0.3) is 11.1 Å². The quantitative estimate of drug-likeness (QED) is 0.328. The molecule has 1 heterocycles. The second-order valence-electron chi connectivity index (χ2n) is 9.51. The zero-order valence-electron chi connectivity index (χ0n) is 20.3. The SMILES string of the molecule is O=C(O)CCCC=CCC1C(OCc2ccc(-c3ccccc3)cc2)CC(O)C1N1CCSCC1. The lowest BCUT2D eigenvalue weighted by molar-refractivity contribution is -0.137. The Bertz CT molecular complexity index is 943. The first-order valence-corrected chi connectivity index (χ1v) is 13.9. The number of carbonyl (C=O) groups is 1. The number of allylic oxidation sites excluding steroid dienone is 2. The summed E-state index contributed by atoms with van der Waals surface area (Å²) >= 11 is 1.98. The molecule has 35 heavy (non-hydrogen) atoms. The minimum atomic E-state index is -0.745. The molecular weight excluding hydrogens is 458 g/mol. The first kappa shape index (κ1) is 26.0. The Balaban J connectivity index is 1.38. The standard InChI is InChI=1S/C29H37NO4S/c31-26-20-27(34-21-22-12-14-24(15-13-22)23-8-4-3-5-9-23)25(10-6-1-2-7-11-28(32)33)29(26)30-16-18-35-19-17-30/h1,3-6,8-9,12-15,25-27,29,31H,2,7,10-11,16-21H2,(H,32,33). The maximum Gasteiger partial charge on any atom is 0.303 e. The lowest BCUT2D eigenvalue weighted by Crippen LogP contribution is -2.48. The summed E-state index contributed by atoms with van der Waals surface area (Å²) in [4.78, 5) is 13.2. The lowest BCUT2D eigenvalue weighted by Gasteiger charge is -2.37. The number of carboxylic acid groups (broad SMARTS) is 1. The van der Waals surface area contributed by atoms with E-state index in [9.17, 15) is 9.90 Å². The van der Waals surface area contributed by atoms with Crippen molar-refractivity contribution in [2.45, 2.75) is 57.0 Å². The molecule has 2 aromatic carbocycles. The Labute approximate surface area is 213 Å². The Morgan fingerprint density at radius 2 is 1.74 bits per heavy atom. The molecule has 1 saturated heterocycles.